The molecule has 3 aromatic rings. The predicted molar refractivity (Wildman–Crippen MR) is 113 cm³/mol. The van der Waals surface area contributed by atoms with Crippen LogP contribution in [0.15, 0.2) is 54.6 Å². The summed E-state index contributed by atoms with van der Waals surface area (Å²) >= 11 is 0. The lowest BCUT2D eigenvalue weighted by molar-refractivity contribution is 0.100. The molecule has 0 fully saturated rings. The summed E-state index contributed by atoms with van der Waals surface area (Å²) in [5, 5.41) is 4.77. The van der Waals surface area contributed by atoms with Crippen LogP contribution >= 0.6 is 0 Å². The summed E-state index contributed by atoms with van der Waals surface area (Å²) in [5.74, 6) is 0.715. The average molecular weight is 374 g/mol. The first-order chi connectivity index (χ1) is 13.6. The molecule has 2 aromatic carbocycles. The number of carbonyl (C=O) groups excluding carboxylic acids is 1. The van der Waals surface area contributed by atoms with Crippen LogP contribution in [-0.4, -0.2) is 28.8 Å². The zero-order valence-corrected chi connectivity index (χ0v) is 16.3. The van der Waals surface area contributed by atoms with Gasteiger partial charge in [-0.15, -0.1) is 0 Å². The zero-order valence-electron chi connectivity index (χ0n) is 16.3. The van der Waals surface area contributed by atoms with Gasteiger partial charge >= 0.3 is 0 Å². The average Bonchev–Trinajstić information content (AvgIpc) is 3.05. The number of hydrogen-bond acceptors (Lipinski definition) is 3. The Hall–Kier alpha value is -3.08. The summed E-state index contributed by atoms with van der Waals surface area (Å²) in [6, 6.07) is 18.2. The maximum absolute atomic E-state index is 12.0. The van der Waals surface area contributed by atoms with Crippen molar-refractivity contribution < 1.29 is 4.79 Å². The Kier molecular flexibility index (Phi) is 5.15. The molecule has 0 bridgehead atoms. The van der Waals surface area contributed by atoms with E-state index in [4.69, 9.17) is 10.8 Å². The number of aromatic nitrogens is 2. The van der Waals surface area contributed by atoms with Gasteiger partial charge in [0, 0.05) is 30.8 Å². The number of aryl methyl sites for hydroxylation is 3. The van der Waals surface area contributed by atoms with Gasteiger partial charge in [0.1, 0.15) is 5.82 Å². The summed E-state index contributed by atoms with van der Waals surface area (Å²) in [4.78, 5) is 14.4. The highest BCUT2D eigenvalue weighted by Crippen LogP contribution is 2.38. The van der Waals surface area contributed by atoms with Crippen LogP contribution in [0.2, 0.25) is 0 Å². The first kappa shape index (κ1) is 18.3. The number of nitrogens with two attached hydrogens (primary N) is 1. The molecule has 1 aliphatic heterocycles. The standard InChI is InChI=1S/C23H26N4O/c1-17-21(19-12-5-6-13-20(19)22(24)28)23-26(15-8-16-27(23)25-17)14-7-11-18-9-3-2-4-10-18/h2-6,9-10,12-13H,7-8,11,14-16H2,1H3,(H2,24,28). The van der Waals surface area contributed by atoms with E-state index in [-0.39, 0.29) is 0 Å². The molecule has 4 rings (SSSR count). The van der Waals surface area contributed by atoms with E-state index in [1.807, 2.05) is 25.1 Å². The van der Waals surface area contributed by atoms with E-state index in [0.29, 0.717) is 5.56 Å². The van der Waals surface area contributed by atoms with Gasteiger partial charge < -0.3 is 10.6 Å². The fraction of sp³-hybridized carbons (Fsp3) is 0.304. The second-order valence-corrected chi connectivity index (χ2v) is 7.35. The molecule has 0 saturated carbocycles. The number of carbonyl (C=O) groups is 1. The van der Waals surface area contributed by atoms with Crippen molar-refractivity contribution in [3.63, 3.8) is 0 Å². The van der Waals surface area contributed by atoms with Gasteiger partial charge in [0.05, 0.1) is 5.69 Å². The molecule has 2 heterocycles. The molecule has 0 atom stereocenters. The molecule has 2 N–H and O–H groups in total. The van der Waals surface area contributed by atoms with Gasteiger partial charge in [-0.05, 0) is 43.4 Å². The molecule has 1 aromatic heterocycles. The summed E-state index contributed by atoms with van der Waals surface area (Å²) in [7, 11) is 0. The summed E-state index contributed by atoms with van der Waals surface area (Å²) in [5.41, 5.74) is 10.4. The number of amides is 1. The molecular weight excluding hydrogens is 348 g/mol. The molecule has 5 heteroatoms. The Labute approximate surface area is 165 Å². The van der Waals surface area contributed by atoms with Crippen LogP contribution in [0.5, 0.6) is 0 Å². The van der Waals surface area contributed by atoms with Crippen molar-refractivity contribution in [2.24, 2.45) is 5.73 Å². The van der Waals surface area contributed by atoms with Crippen molar-refractivity contribution in [3.05, 3.63) is 71.4 Å². The van der Waals surface area contributed by atoms with Gasteiger partial charge in [0.2, 0.25) is 5.91 Å². The third-order valence-corrected chi connectivity index (χ3v) is 5.40. The largest absolute Gasteiger partial charge is 0.366 e. The molecule has 28 heavy (non-hydrogen) atoms. The van der Waals surface area contributed by atoms with Crippen LogP contribution in [0.3, 0.4) is 0 Å². The van der Waals surface area contributed by atoms with Crippen LogP contribution in [0.1, 0.15) is 34.5 Å². The lowest BCUT2D eigenvalue weighted by Gasteiger charge is -2.31. The van der Waals surface area contributed by atoms with Gasteiger partial charge in [-0.3, -0.25) is 4.79 Å². The fourth-order valence-electron chi connectivity index (χ4n) is 4.13. The van der Waals surface area contributed by atoms with E-state index in [1.54, 1.807) is 6.07 Å². The van der Waals surface area contributed by atoms with E-state index < -0.39 is 5.91 Å². The smallest absolute Gasteiger partial charge is 0.249 e. The van der Waals surface area contributed by atoms with Crippen molar-refractivity contribution in [2.45, 2.75) is 32.7 Å². The highest BCUT2D eigenvalue weighted by atomic mass is 16.1. The van der Waals surface area contributed by atoms with Crippen molar-refractivity contribution in [1.82, 2.24) is 9.78 Å². The third kappa shape index (κ3) is 3.52. The van der Waals surface area contributed by atoms with E-state index in [9.17, 15) is 4.79 Å². The molecule has 1 amide bonds. The number of rotatable bonds is 6. The SMILES string of the molecule is Cc1nn2c(c1-c1ccccc1C(N)=O)N(CCCc1ccccc1)CCC2. The topological polar surface area (TPSA) is 64.2 Å². The lowest BCUT2D eigenvalue weighted by atomic mass is 9.98. The Balaban J connectivity index is 1.64. The van der Waals surface area contributed by atoms with Crippen LogP contribution in [-0.2, 0) is 13.0 Å². The third-order valence-electron chi connectivity index (χ3n) is 5.40. The van der Waals surface area contributed by atoms with Crippen LogP contribution in [0.25, 0.3) is 11.1 Å². The quantitative estimate of drug-likeness (QED) is 0.714. The first-order valence-electron chi connectivity index (χ1n) is 9.90. The summed E-state index contributed by atoms with van der Waals surface area (Å²) < 4.78 is 2.09. The number of primary amides is 1. The normalized spacial score (nSPS) is 13.4. The van der Waals surface area contributed by atoms with E-state index in [2.05, 4.69) is 39.9 Å². The van der Waals surface area contributed by atoms with Gasteiger partial charge in [0.15, 0.2) is 0 Å². The summed E-state index contributed by atoms with van der Waals surface area (Å²) in [6.45, 7) is 4.89. The molecule has 1 aliphatic rings. The fourth-order valence-corrected chi connectivity index (χ4v) is 4.13. The molecule has 0 spiro atoms. The van der Waals surface area contributed by atoms with Crippen molar-refractivity contribution in [3.8, 4) is 11.1 Å². The number of anilines is 1. The molecule has 0 aliphatic carbocycles. The van der Waals surface area contributed by atoms with Gasteiger partial charge in [-0.25, -0.2) is 4.68 Å². The number of benzene rings is 2. The van der Waals surface area contributed by atoms with Crippen LogP contribution in [0.4, 0.5) is 5.82 Å². The number of fused-ring (bicyclic) bond motifs is 1. The molecular formula is C23H26N4O. The Bertz CT molecular complexity index is 978. The zero-order chi connectivity index (χ0) is 19.5. The Morgan fingerprint density at radius 2 is 1.82 bits per heavy atom. The minimum Gasteiger partial charge on any atom is -0.366 e. The highest BCUT2D eigenvalue weighted by molar-refractivity contribution is 6.01. The van der Waals surface area contributed by atoms with Crippen LogP contribution in [0, 0.1) is 6.92 Å². The number of nitrogens with zero attached hydrogens (tertiary/aromatic N) is 3. The van der Waals surface area contributed by atoms with Gasteiger partial charge in [-0.2, -0.15) is 5.10 Å². The summed E-state index contributed by atoms with van der Waals surface area (Å²) in [6.07, 6.45) is 3.21. The maximum Gasteiger partial charge on any atom is 0.249 e. The lowest BCUT2D eigenvalue weighted by Crippen LogP contribution is -2.33. The minimum absolute atomic E-state index is 0.401. The highest BCUT2D eigenvalue weighted by Gasteiger charge is 2.26. The van der Waals surface area contributed by atoms with Crippen molar-refractivity contribution in [2.75, 3.05) is 18.0 Å². The first-order valence-corrected chi connectivity index (χ1v) is 9.90. The van der Waals surface area contributed by atoms with E-state index >= 15 is 0 Å². The minimum atomic E-state index is -0.401. The van der Waals surface area contributed by atoms with Crippen molar-refractivity contribution >= 4 is 11.7 Å². The van der Waals surface area contributed by atoms with Crippen molar-refractivity contribution in [1.29, 1.82) is 0 Å². The van der Waals surface area contributed by atoms with E-state index in [1.165, 1.54) is 5.56 Å². The second-order valence-electron chi connectivity index (χ2n) is 7.35. The molecule has 0 radical (unpaired) electrons. The molecule has 5 nitrogen and oxygen atoms in total. The van der Waals surface area contributed by atoms with Crippen LogP contribution < -0.4 is 10.6 Å². The van der Waals surface area contributed by atoms with Gasteiger partial charge in [-0.1, -0.05) is 48.5 Å². The molecule has 0 saturated heterocycles. The Morgan fingerprint density at radius 1 is 1.07 bits per heavy atom. The van der Waals surface area contributed by atoms with E-state index in [0.717, 1.165) is 61.5 Å². The molecule has 0 unspecified atom stereocenters. The molecule has 144 valence electrons. The number of hydrogen-bond donors (Lipinski definition) is 1. The Morgan fingerprint density at radius 3 is 2.61 bits per heavy atom. The predicted octanol–water partition coefficient (Wildman–Crippen LogP) is 3.80. The van der Waals surface area contributed by atoms with Gasteiger partial charge in [0.25, 0.3) is 0 Å². The monoisotopic (exact) mass is 374 g/mol. The second kappa shape index (κ2) is 7.89. The maximum atomic E-state index is 12.0.